The first kappa shape index (κ1) is 15.6. The molecule has 2 aromatic rings. The average molecular weight is 375 g/mol. The van der Waals surface area contributed by atoms with Crippen molar-refractivity contribution in [2.75, 3.05) is 10.6 Å². The van der Waals surface area contributed by atoms with Crippen LogP contribution in [-0.4, -0.2) is 17.9 Å². The van der Waals surface area contributed by atoms with Gasteiger partial charge in [-0.15, -0.1) is 0 Å². The second-order valence-electron chi connectivity index (χ2n) is 5.31. The largest absolute Gasteiger partial charge is 0.478 e. The number of hydrogen-bond acceptors (Lipinski definition) is 3. The Morgan fingerprint density at radius 1 is 1.30 bits per heavy atom. The van der Waals surface area contributed by atoms with Crippen LogP contribution in [-0.2, 0) is 9.59 Å². The van der Waals surface area contributed by atoms with Gasteiger partial charge >= 0.3 is 0 Å². The molecule has 1 aliphatic heterocycles. The van der Waals surface area contributed by atoms with Crippen LogP contribution in [0.3, 0.4) is 0 Å². The summed E-state index contributed by atoms with van der Waals surface area (Å²) in [6.45, 7) is 1.94. The van der Waals surface area contributed by atoms with E-state index in [1.807, 2.05) is 31.2 Å². The van der Waals surface area contributed by atoms with E-state index in [-0.39, 0.29) is 18.2 Å². The van der Waals surface area contributed by atoms with Crippen LogP contribution in [0.15, 0.2) is 46.9 Å². The summed E-state index contributed by atoms with van der Waals surface area (Å²) in [5.74, 6) is -0.0125. The van der Waals surface area contributed by atoms with E-state index in [2.05, 4.69) is 26.6 Å². The number of halogens is 1. The summed E-state index contributed by atoms with van der Waals surface area (Å²) in [5, 5.41) is 5.53. The molecule has 2 aromatic carbocycles. The van der Waals surface area contributed by atoms with Crippen molar-refractivity contribution in [2.24, 2.45) is 0 Å². The number of rotatable bonds is 3. The van der Waals surface area contributed by atoms with Gasteiger partial charge in [-0.1, -0.05) is 28.1 Å². The van der Waals surface area contributed by atoms with Gasteiger partial charge in [0, 0.05) is 10.2 Å². The van der Waals surface area contributed by atoms with Gasteiger partial charge in [0.05, 0.1) is 12.1 Å². The third kappa shape index (κ3) is 3.53. The Hall–Kier alpha value is -2.34. The average Bonchev–Trinajstić information content (AvgIpc) is 2.51. The summed E-state index contributed by atoms with van der Waals surface area (Å²) in [4.78, 5) is 24.2. The molecule has 0 radical (unpaired) electrons. The smallest absolute Gasteiger partial charge is 0.266 e. The highest BCUT2D eigenvalue weighted by molar-refractivity contribution is 9.10. The van der Waals surface area contributed by atoms with Crippen LogP contribution in [0.2, 0.25) is 0 Å². The molecule has 1 atom stereocenters. The second-order valence-corrected chi connectivity index (χ2v) is 6.16. The first-order chi connectivity index (χ1) is 11.0. The minimum atomic E-state index is -0.832. The normalized spacial score (nSPS) is 16.1. The Kier molecular flexibility index (Phi) is 4.34. The zero-order valence-electron chi connectivity index (χ0n) is 12.4. The Morgan fingerprint density at radius 3 is 2.87 bits per heavy atom. The molecule has 1 heterocycles. The van der Waals surface area contributed by atoms with Gasteiger partial charge in [0.15, 0.2) is 6.10 Å². The Bertz CT molecular complexity index is 776. The molecule has 118 valence electrons. The zero-order valence-corrected chi connectivity index (χ0v) is 14.0. The molecule has 0 saturated carbocycles. The lowest BCUT2D eigenvalue weighted by atomic mass is 10.1. The van der Waals surface area contributed by atoms with Crippen LogP contribution in [0, 0.1) is 6.92 Å². The molecule has 3 rings (SSSR count). The van der Waals surface area contributed by atoms with Gasteiger partial charge in [0.25, 0.3) is 5.91 Å². The van der Waals surface area contributed by atoms with Gasteiger partial charge in [-0.25, -0.2) is 0 Å². The maximum atomic E-state index is 12.2. The van der Waals surface area contributed by atoms with Crippen molar-refractivity contribution in [3.8, 4) is 5.75 Å². The fourth-order valence-electron chi connectivity index (χ4n) is 2.33. The maximum absolute atomic E-state index is 12.2. The first-order valence-corrected chi connectivity index (χ1v) is 7.95. The molecule has 0 unspecified atom stereocenters. The van der Waals surface area contributed by atoms with E-state index in [1.54, 1.807) is 18.2 Å². The molecular weight excluding hydrogens is 360 g/mol. The standard InChI is InChI=1S/C17H15BrN2O3/c1-10-8-11(6-7-12(10)18)19-16(21)9-15-17(22)20-13-4-2-3-5-14(13)23-15/h2-8,15H,9H2,1H3,(H,19,21)(H,20,22)/t15-/m1/s1. The summed E-state index contributed by atoms with van der Waals surface area (Å²) >= 11 is 3.41. The number of ether oxygens (including phenoxy) is 1. The highest BCUT2D eigenvalue weighted by atomic mass is 79.9. The van der Waals surface area contributed by atoms with Crippen molar-refractivity contribution in [1.29, 1.82) is 0 Å². The number of amides is 2. The zero-order chi connectivity index (χ0) is 16.4. The van der Waals surface area contributed by atoms with Crippen LogP contribution < -0.4 is 15.4 Å². The summed E-state index contributed by atoms with van der Waals surface area (Å²) < 4.78 is 6.59. The van der Waals surface area contributed by atoms with E-state index < -0.39 is 6.10 Å². The van der Waals surface area contributed by atoms with E-state index in [1.165, 1.54) is 0 Å². The van der Waals surface area contributed by atoms with Crippen molar-refractivity contribution in [3.05, 3.63) is 52.5 Å². The monoisotopic (exact) mass is 374 g/mol. The van der Waals surface area contributed by atoms with Gasteiger partial charge < -0.3 is 15.4 Å². The summed E-state index contributed by atoms with van der Waals surface area (Å²) in [6, 6.07) is 12.7. The third-order valence-corrected chi connectivity index (χ3v) is 4.41. The van der Waals surface area contributed by atoms with Crippen molar-refractivity contribution in [1.82, 2.24) is 0 Å². The van der Waals surface area contributed by atoms with E-state index in [0.717, 1.165) is 10.0 Å². The van der Waals surface area contributed by atoms with Gasteiger partial charge in [-0.3, -0.25) is 9.59 Å². The molecule has 0 saturated heterocycles. The number of benzene rings is 2. The fraction of sp³-hybridized carbons (Fsp3) is 0.176. The van der Waals surface area contributed by atoms with Crippen LogP contribution >= 0.6 is 15.9 Å². The topological polar surface area (TPSA) is 67.4 Å². The quantitative estimate of drug-likeness (QED) is 0.863. The van der Waals surface area contributed by atoms with Crippen LogP contribution in [0.25, 0.3) is 0 Å². The lowest BCUT2D eigenvalue weighted by molar-refractivity contribution is -0.128. The number of carbonyl (C=O) groups excluding carboxylic acids is 2. The maximum Gasteiger partial charge on any atom is 0.266 e. The predicted molar refractivity (Wildman–Crippen MR) is 91.6 cm³/mol. The lowest BCUT2D eigenvalue weighted by Crippen LogP contribution is -2.39. The summed E-state index contributed by atoms with van der Waals surface area (Å²) in [7, 11) is 0. The molecule has 0 bridgehead atoms. The van der Waals surface area contributed by atoms with Gasteiger partial charge in [0.1, 0.15) is 5.75 Å². The number of nitrogens with one attached hydrogen (secondary N) is 2. The van der Waals surface area contributed by atoms with Gasteiger partial charge in [-0.05, 0) is 42.8 Å². The van der Waals surface area contributed by atoms with Crippen LogP contribution in [0.4, 0.5) is 11.4 Å². The van der Waals surface area contributed by atoms with Crippen LogP contribution in [0.5, 0.6) is 5.75 Å². The highest BCUT2D eigenvalue weighted by Gasteiger charge is 2.29. The van der Waals surface area contributed by atoms with Crippen molar-refractivity contribution in [2.45, 2.75) is 19.4 Å². The molecule has 1 aliphatic rings. The first-order valence-electron chi connectivity index (χ1n) is 7.15. The van der Waals surface area contributed by atoms with E-state index in [9.17, 15) is 9.59 Å². The number of carbonyl (C=O) groups is 2. The summed E-state index contributed by atoms with van der Waals surface area (Å²) in [5.41, 5.74) is 2.33. The highest BCUT2D eigenvalue weighted by Crippen LogP contribution is 2.29. The molecule has 5 nitrogen and oxygen atoms in total. The molecule has 23 heavy (non-hydrogen) atoms. The Labute approximate surface area is 142 Å². The SMILES string of the molecule is Cc1cc(NC(=O)C[C@H]2Oc3ccccc3NC2=O)ccc1Br. The number of hydrogen-bond donors (Lipinski definition) is 2. The van der Waals surface area contributed by atoms with Gasteiger partial charge in [0.2, 0.25) is 5.91 Å². The number of aryl methyl sites for hydroxylation is 1. The fourth-order valence-corrected chi connectivity index (χ4v) is 2.58. The molecule has 0 spiro atoms. The lowest BCUT2D eigenvalue weighted by Gasteiger charge is -2.25. The van der Waals surface area contributed by atoms with Gasteiger partial charge in [-0.2, -0.15) is 0 Å². The number of anilines is 2. The van der Waals surface area contributed by atoms with E-state index in [4.69, 9.17) is 4.74 Å². The van der Waals surface area contributed by atoms with Crippen molar-refractivity contribution >= 4 is 39.1 Å². The van der Waals surface area contributed by atoms with E-state index in [0.29, 0.717) is 17.1 Å². The molecule has 0 aromatic heterocycles. The number of fused-ring (bicyclic) bond motifs is 1. The number of para-hydroxylation sites is 2. The molecule has 6 heteroatoms. The molecule has 2 N–H and O–H groups in total. The Balaban J connectivity index is 1.66. The Morgan fingerprint density at radius 2 is 2.09 bits per heavy atom. The molecular formula is C17H15BrN2O3. The molecule has 0 fully saturated rings. The van der Waals surface area contributed by atoms with Crippen molar-refractivity contribution in [3.63, 3.8) is 0 Å². The predicted octanol–water partition coefficient (Wildman–Crippen LogP) is 3.49. The van der Waals surface area contributed by atoms with E-state index >= 15 is 0 Å². The summed E-state index contributed by atoms with van der Waals surface area (Å²) in [6.07, 6.45) is -0.878. The van der Waals surface area contributed by atoms with Crippen LogP contribution in [0.1, 0.15) is 12.0 Å². The second kappa shape index (κ2) is 6.42. The molecule has 2 amide bonds. The minimum Gasteiger partial charge on any atom is -0.478 e. The molecule has 0 aliphatic carbocycles. The van der Waals surface area contributed by atoms with Crippen molar-refractivity contribution < 1.29 is 14.3 Å². The third-order valence-electron chi connectivity index (χ3n) is 3.52. The minimum absolute atomic E-state index is 0.0464.